The molecule has 2 amide bonds. The number of carbonyl (C=O) groups is 2. The fraction of sp³-hybridized carbons (Fsp3) is 0.263. The molecule has 2 aromatic rings. The van der Waals surface area contributed by atoms with Gasteiger partial charge >= 0.3 is 0 Å². The third kappa shape index (κ3) is 3.02. The zero-order valence-electron chi connectivity index (χ0n) is 13.7. The van der Waals surface area contributed by atoms with Crippen LogP contribution in [0.5, 0.6) is 0 Å². The van der Waals surface area contributed by atoms with Gasteiger partial charge in [-0.2, -0.15) is 0 Å². The molecule has 5 heteroatoms. The molecule has 0 unspecified atom stereocenters. The molecule has 1 aliphatic rings. The maximum absolute atomic E-state index is 13.1. The molecule has 2 aromatic carbocycles. The van der Waals surface area contributed by atoms with Crippen molar-refractivity contribution >= 4 is 17.5 Å². The molecule has 0 atom stereocenters. The highest BCUT2D eigenvalue weighted by Gasteiger charge is 2.51. The van der Waals surface area contributed by atoms with Crippen molar-refractivity contribution in [2.45, 2.75) is 18.3 Å². The molecule has 4 nitrogen and oxygen atoms in total. The Kier molecular flexibility index (Phi) is 4.09. The van der Waals surface area contributed by atoms with Crippen LogP contribution >= 0.6 is 0 Å². The van der Waals surface area contributed by atoms with Crippen LogP contribution in [0.15, 0.2) is 48.5 Å². The standard InChI is InChI=1S/C19H19FN2O2/c1-22(2)17(23)13-4-3-5-16(12-13)21-18(24)19(10-11-19)14-6-8-15(20)9-7-14/h3-9,12H,10-11H2,1-2H3,(H,21,24). The van der Waals surface area contributed by atoms with Gasteiger partial charge in [0.25, 0.3) is 5.91 Å². The maximum atomic E-state index is 13.1. The van der Waals surface area contributed by atoms with E-state index >= 15 is 0 Å². The normalized spacial score (nSPS) is 14.8. The van der Waals surface area contributed by atoms with Crippen LogP contribution in [0, 0.1) is 5.82 Å². The molecular weight excluding hydrogens is 307 g/mol. The predicted octanol–water partition coefficient (Wildman–Crippen LogP) is 3.20. The summed E-state index contributed by atoms with van der Waals surface area (Å²) in [5.41, 5.74) is 1.34. The second-order valence-corrected chi connectivity index (χ2v) is 6.32. The average Bonchev–Trinajstić information content (AvgIpc) is 3.37. The minimum atomic E-state index is -0.588. The highest BCUT2D eigenvalue weighted by Crippen LogP contribution is 2.49. The number of amides is 2. The van der Waals surface area contributed by atoms with Crippen LogP contribution < -0.4 is 5.32 Å². The van der Waals surface area contributed by atoms with E-state index in [2.05, 4.69) is 5.32 Å². The van der Waals surface area contributed by atoms with E-state index in [4.69, 9.17) is 0 Å². The van der Waals surface area contributed by atoms with Crippen LogP contribution in [0.1, 0.15) is 28.8 Å². The molecule has 0 aromatic heterocycles. The van der Waals surface area contributed by atoms with Crippen LogP contribution in [0.25, 0.3) is 0 Å². The van der Waals surface area contributed by atoms with Gasteiger partial charge in [-0.1, -0.05) is 18.2 Å². The van der Waals surface area contributed by atoms with Crippen molar-refractivity contribution in [1.82, 2.24) is 4.90 Å². The summed E-state index contributed by atoms with van der Waals surface area (Å²) in [5.74, 6) is -0.556. The van der Waals surface area contributed by atoms with Gasteiger partial charge in [-0.05, 0) is 48.7 Å². The van der Waals surface area contributed by atoms with Gasteiger partial charge in [0.1, 0.15) is 5.82 Å². The Balaban J connectivity index is 1.79. The first-order chi connectivity index (χ1) is 11.4. The van der Waals surface area contributed by atoms with Crippen LogP contribution in [0.4, 0.5) is 10.1 Å². The third-order valence-corrected chi connectivity index (χ3v) is 4.36. The van der Waals surface area contributed by atoms with Gasteiger partial charge in [-0.15, -0.1) is 0 Å². The van der Waals surface area contributed by atoms with E-state index in [9.17, 15) is 14.0 Å². The van der Waals surface area contributed by atoms with Crippen molar-refractivity contribution in [3.63, 3.8) is 0 Å². The Morgan fingerprint density at radius 3 is 2.33 bits per heavy atom. The molecular formula is C19H19FN2O2. The smallest absolute Gasteiger partial charge is 0.253 e. The van der Waals surface area contributed by atoms with Gasteiger partial charge in [0, 0.05) is 25.3 Å². The Labute approximate surface area is 140 Å². The Bertz CT molecular complexity index is 780. The Morgan fingerprint density at radius 2 is 1.75 bits per heavy atom. The van der Waals surface area contributed by atoms with Gasteiger partial charge < -0.3 is 10.2 Å². The summed E-state index contributed by atoms with van der Waals surface area (Å²) in [6.45, 7) is 0. The molecule has 0 aliphatic heterocycles. The van der Waals surface area contributed by atoms with Crippen molar-refractivity contribution in [2.24, 2.45) is 0 Å². The lowest BCUT2D eigenvalue weighted by Crippen LogP contribution is -2.28. The summed E-state index contributed by atoms with van der Waals surface area (Å²) >= 11 is 0. The fourth-order valence-electron chi connectivity index (χ4n) is 2.78. The molecule has 3 rings (SSSR count). The van der Waals surface area contributed by atoms with E-state index in [1.807, 2.05) is 0 Å². The number of halogens is 1. The Morgan fingerprint density at radius 1 is 1.08 bits per heavy atom. The lowest BCUT2D eigenvalue weighted by molar-refractivity contribution is -0.118. The van der Waals surface area contributed by atoms with Crippen LogP contribution in [-0.4, -0.2) is 30.8 Å². The molecule has 0 heterocycles. The third-order valence-electron chi connectivity index (χ3n) is 4.36. The van der Waals surface area contributed by atoms with Crippen molar-refractivity contribution in [3.8, 4) is 0 Å². The van der Waals surface area contributed by atoms with Crippen molar-refractivity contribution < 1.29 is 14.0 Å². The van der Waals surface area contributed by atoms with E-state index in [0.717, 1.165) is 18.4 Å². The number of hydrogen-bond acceptors (Lipinski definition) is 2. The number of hydrogen-bond donors (Lipinski definition) is 1. The first-order valence-electron chi connectivity index (χ1n) is 7.82. The molecule has 1 saturated carbocycles. The van der Waals surface area contributed by atoms with Gasteiger partial charge in [-0.25, -0.2) is 4.39 Å². The summed E-state index contributed by atoms with van der Waals surface area (Å²) in [6.07, 6.45) is 1.47. The zero-order chi connectivity index (χ0) is 17.3. The number of nitrogens with zero attached hydrogens (tertiary/aromatic N) is 1. The second kappa shape index (κ2) is 6.07. The zero-order valence-corrected chi connectivity index (χ0v) is 13.7. The summed E-state index contributed by atoms with van der Waals surface area (Å²) in [4.78, 5) is 26.2. The van der Waals surface area contributed by atoms with Gasteiger partial charge in [0.05, 0.1) is 5.41 Å². The molecule has 0 bridgehead atoms. The van der Waals surface area contributed by atoms with Crippen LogP contribution in [0.2, 0.25) is 0 Å². The van der Waals surface area contributed by atoms with Gasteiger partial charge in [0.2, 0.25) is 5.91 Å². The van der Waals surface area contributed by atoms with E-state index in [1.165, 1.54) is 17.0 Å². The number of anilines is 1. The molecule has 124 valence electrons. The van der Waals surface area contributed by atoms with Crippen molar-refractivity contribution in [3.05, 3.63) is 65.5 Å². The molecule has 0 saturated heterocycles. The first-order valence-corrected chi connectivity index (χ1v) is 7.82. The highest BCUT2D eigenvalue weighted by molar-refractivity contribution is 6.02. The van der Waals surface area contributed by atoms with E-state index in [0.29, 0.717) is 11.3 Å². The SMILES string of the molecule is CN(C)C(=O)c1cccc(NC(=O)C2(c3ccc(F)cc3)CC2)c1. The van der Waals surface area contributed by atoms with Crippen LogP contribution in [0.3, 0.4) is 0 Å². The summed E-state index contributed by atoms with van der Waals surface area (Å²) < 4.78 is 13.1. The average molecular weight is 326 g/mol. The summed E-state index contributed by atoms with van der Waals surface area (Å²) in [6, 6.07) is 12.9. The molecule has 1 N–H and O–H groups in total. The summed E-state index contributed by atoms with van der Waals surface area (Å²) in [5, 5.41) is 2.89. The number of rotatable bonds is 4. The molecule has 0 spiro atoms. The minimum absolute atomic E-state index is 0.120. The van der Waals surface area contributed by atoms with Gasteiger partial charge in [-0.3, -0.25) is 9.59 Å². The maximum Gasteiger partial charge on any atom is 0.253 e. The highest BCUT2D eigenvalue weighted by atomic mass is 19.1. The molecule has 24 heavy (non-hydrogen) atoms. The fourth-order valence-corrected chi connectivity index (χ4v) is 2.78. The van der Waals surface area contributed by atoms with Crippen molar-refractivity contribution in [2.75, 3.05) is 19.4 Å². The van der Waals surface area contributed by atoms with E-state index in [-0.39, 0.29) is 17.6 Å². The Hall–Kier alpha value is -2.69. The lowest BCUT2D eigenvalue weighted by atomic mass is 9.95. The number of carbonyl (C=O) groups excluding carboxylic acids is 2. The quantitative estimate of drug-likeness (QED) is 0.938. The number of nitrogens with one attached hydrogen (secondary N) is 1. The molecule has 1 aliphatic carbocycles. The van der Waals surface area contributed by atoms with Crippen LogP contribution in [-0.2, 0) is 10.2 Å². The molecule has 1 fully saturated rings. The largest absolute Gasteiger partial charge is 0.345 e. The van der Waals surface area contributed by atoms with Gasteiger partial charge in [0.15, 0.2) is 0 Å². The number of benzene rings is 2. The minimum Gasteiger partial charge on any atom is -0.345 e. The second-order valence-electron chi connectivity index (χ2n) is 6.32. The molecule has 0 radical (unpaired) electrons. The monoisotopic (exact) mass is 326 g/mol. The summed E-state index contributed by atoms with van der Waals surface area (Å²) in [7, 11) is 3.36. The van der Waals surface area contributed by atoms with Crippen molar-refractivity contribution in [1.29, 1.82) is 0 Å². The first kappa shape index (κ1) is 16.2. The topological polar surface area (TPSA) is 49.4 Å². The lowest BCUT2D eigenvalue weighted by Gasteiger charge is -2.17. The van der Waals surface area contributed by atoms with E-state index < -0.39 is 5.41 Å². The predicted molar refractivity (Wildman–Crippen MR) is 90.4 cm³/mol. The van der Waals surface area contributed by atoms with E-state index in [1.54, 1.807) is 50.5 Å².